The van der Waals surface area contributed by atoms with Crippen molar-refractivity contribution in [1.82, 2.24) is 0 Å². The minimum atomic E-state index is -2.94. The number of hydrogen-bond acceptors (Lipinski definition) is 3. The minimum absolute atomic E-state index is 0.0548. The normalized spacial score (nSPS) is 11.0. The van der Waals surface area contributed by atoms with Crippen molar-refractivity contribution in [2.75, 3.05) is 0 Å². The molecule has 0 aromatic heterocycles. The summed E-state index contributed by atoms with van der Waals surface area (Å²) in [6, 6.07) is 22.8. The highest BCUT2D eigenvalue weighted by Gasteiger charge is 2.08. The number of halogens is 2. The Morgan fingerprint density at radius 1 is 0.929 bits per heavy atom. The van der Waals surface area contributed by atoms with Gasteiger partial charge in [-0.1, -0.05) is 60.7 Å². The van der Waals surface area contributed by atoms with Crippen molar-refractivity contribution in [3.8, 4) is 11.5 Å². The molecule has 3 aromatic rings. The first kappa shape index (κ1) is 19.3. The van der Waals surface area contributed by atoms with Crippen molar-refractivity contribution in [3.05, 3.63) is 102 Å². The first-order chi connectivity index (χ1) is 13.6. The fourth-order valence-electron chi connectivity index (χ4n) is 2.57. The third kappa shape index (κ3) is 5.51. The summed E-state index contributed by atoms with van der Waals surface area (Å²) < 4.78 is 34.8. The number of alkyl halides is 2. The van der Waals surface area contributed by atoms with Crippen LogP contribution < -0.4 is 9.47 Å². The fraction of sp³-hybridized carbons (Fsp3) is 0.0870. The van der Waals surface area contributed by atoms with E-state index in [9.17, 15) is 13.6 Å². The molecule has 3 aromatic carbocycles. The molecule has 0 atom stereocenters. The third-order valence-electron chi connectivity index (χ3n) is 3.91. The highest BCUT2D eigenvalue weighted by Crippen LogP contribution is 2.22. The summed E-state index contributed by atoms with van der Waals surface area (Å²) in [6.07, 6.45) is 3.02. The largest absolute Gasteiger partial charge is 0.488 e. The highest BCUT2D eigenvalue weighted by atomic mass is 19.3. The van der Waals surface area contributed by atoms with Crippen LogP contribution in [0.5, 0.6) is 11.5 Å². The molecule has 0 N–H and O–H groups in total. The number of para-hydroxylation sites is 1. The molecule has 0 fully saturated rings. The lowest BCUT2D eigenvalue weighted by Crippen LogP contribution is -2.03. The zero-order valence-electron chi connectivity index (χ0n) is 14.9. The van der Waals surface area contributed by atoms with Crippen molar-refractivity contribution in [2.45, 2.75) is 13.2 Å². The van der Waals surface area contributed by atoms with Gasteiger partial charge in [-0.15, -0.1) is 0 Å². The fourth-order valence-corrected chi connectivity index (χ4v) is 2.57. The van der Waals surface area contributed by atoms with E-state index in [-0.39, 0.29) is 17.1 Å². The second-order valence-corrected chi connectivity index (χ2v) is 5.92. The number of allylic oxidation sites excluding steroid dienone is 1. The number of hydrogen-bond donors (Lipinski definition) is 0. The predicted octanol–water partition coefficient (Wildman–Crippen LogP) is 5.76. The zero-order valence-corrected chi connectivity index (χ0v) is 14.9. The number of benzene rings is 3. The average Bonchev–Trinajstić information content (AvgIpc) is 2.71. The van der Waals surface area contributed by atoms with Crippen LogP contribution in [0.2, 0.25) is 0 Å². The van der Waals surface area contributed by atoms with E-state index in [4.69, 9.17) is 4.74 Å². The molecule has 5 heteroatoms. The smallest absolute Gasteiger partial charge is 0.387 e. The maximum absolute atomic E-state index is 12.4. The Hall–Kier alpha value is -3.47. The summed E-state index contributed by atoms with van der Waals surface area (Å²) in [6.45, 7) is -2.53. The summed E-state index contributed by atoms with van der Waals surface area (Å²) in [4.78, 5) is 12.4. The Morgan fingerprint density at radius 2 is 1.68 bits per heavy atom. The third-order valence-corrected chi connectivity index (χ3v) is 3.91. The SMILES string of the molecule is O=C(/C=C/c1ccccc1OCc1ccccc1)c1cccc(OC(F)F)c1. The molecule has 28 heavy (non-hydrogen) atoms. The molecule has 0 spiro atoms. The van der Waals surface area contributed by atoms with Crippen LogP contribution in [0.4, 0.5) is 8.78 Å². The Balaban J connectivity index is 1.71. The van der Waals surface area contributed by atoms with E-state index < -0.39 is 6.61 Å². The van der Waals surface area contributed by atoms with E-state index >= 15 is 0 Å². The second-order valence-electron chi connectivity index (χ2n) is 5.92. The molecule has 0 radical (unpaired) electrons. The van der Waals surface area contributed by atoms with Crippen molar-refractivity contribution in [3.63, 3.8) is 0 Å². The van der Waals surface area contributed by atoms with E-state index in [1.807, 2.05) is 54.6 Å². The van der Waals surface area contributed by atoms with Crippen LogP contribution in [0.1, 0.15) is 21.5 Å². The molecular weight excluding hydrogens is 362 g/mol. The molecule has 0 saturated carbocycles. The first-order valence-corrected chi connectivity index (χ1v) is 8.65. The van der Waals surface area contributed by atoms with E-state index in [0.717, 1.165) is 11.1 Å². The van der Waals surface area contributed by atoms with Crippen LogP contribution in [0.25, 0.3) is 6.08 Å². The summed E-state index contributed by atoms with van der Waals surface area (Å²) in [5.41, 5.74) is 2.04. The van der Waals surface area contributed by atoms with Crippen LogP contribution in [-0.4, -0.2) is 12.4 Å². The lowest BCUT2D eigenvalue weighted by molar-refractivity contribution is -0.0498. The topological polar surface area (TPSA) is 35.5 Å². The van der Waals surface area contributed by atoms with E-state index in [2.05, 4.69) is 4.74 Å². The number of ketones is 1. The van der Waals surface area contributed by atoms with Gasteiger partial charge in [0.2, 0.25) is 0 Å². The Morgan fingerprint density at radius 3 is 2.46 bits per heavy atom. The molecule has 0 heterocycles. The van der Waals surface area contributed by atoms with Crippen LogP contribution in [0.15, 0.2) is 84.9 Å². The molecule has 0 unspecified atom stereocenters. The summed E-state index contributed by atoms with van der Waals surface area (Å²) in [5.74, 6) is 0.267. The Labute approximate surface area is 161 Å². The van der Waals surface area contributed by atoms with Crippen LogP contribution in [0.3, 0.4) is 0 Å². The van der Waals surface area contributed by atoms with E-state index in [1.54, 1.807) is 12.1 Å². The predicted molar refractivity (Wildman–Crippen MR) is 104 cm³/mol. The van der Waals surface area contributed by atoms with Gasteiger partial charge in [0.25, 0.3) is 0 Å². The van der Waals surface area contributed by atoms with Gasteiger partial charge in [-0.05, 0) is 35.9 Å². The summed E-state index contributed by atoms with van der Waals surface area (Å²) >= 11 is 0. The molecule has 3 rings (SSSR count). The van der Waals surface area contributed by atoms with Gasteiger partial charge in [-0.2, -0.15) is 8.78 Å². The number of ether oxygens (including phenoxy) is 2. The zero-order chi connectivity index (χ0) is 19.8. The van der Waals surface area contributed by atoms with Gasteiger partial charge in [0.15, 0.2) is 5.78 Å². The van der Waals surface area contributed by atoms with Crippen molar-refractivity contribution in [1.29, 1.82) is 0 Å². The molecule has 0 aliphatic rings. The molecule has 142 valence electrons. The van der Waals surface area contributed by atoms with Gasteiger partial charge in [-0.3, -0.25) is 4.79 Å². The van der Waals surface area contributed by atoms with Crippen molar-refractivity contribution < 1.29 is 23.0 Å². The molecule has 0 bridgehead atoms. The van der Waals surface area contributed by atoms with Gasteiger partial charge in [0.05, 0.1) is 0 Å². The number of carbonyl (C=O) groups is 1. The molecule has 3 nitrogen and oxygen atoms in total. The summed E-state index contributed by atoms with van der Waals surface area (Å²) in [5, 5.41) is 0. The van der Waals surface area contributed by atoms with Crippen LogP contribution in [-0.2, 0) is 6.61 Å². The average molecular weight is 380 g/mol. The molecule has 0 amide bonds. The maximum atomic E-state index is 12.4. The van der Waals surface area contributed by atoms with E-state index in [0.29, 0.717) is 12.4 Å². The van der Waals surface area contributed by atoms with Gasteiger partial charge in [-0.25, -0.2) is 0 Å². The molecule has 0 aliphatic heterocycles. The quantitative estimate of drug-likeness (QED) is 0.368. The summed E-state index contributed by atoms with van der Waals surface area (Å²) in [7, 11) is 0. The lowest BCUT2D eigenvalue weighted by Gasteiger charge is -2.09. The number of rotatable bonds is 8. The lowest BCUT2D eigenvalue weighted by atomic mass is 10.1. The van der Waals surface area contributed by atoms with Crippen molar-refractivity contribution in [2.24, 2.45) is 0 Å². The standard InChI is InChI=1S/C23H18F2O3/c24-23(25)28-20-11-6-10-19(15-20)21(26)14-13-18-9-4-5-12-22(18)27-16-17-7-2-1-3-8-17/h1-15,23H,16H2/b14-13+. The van der Waals surface area contributed by atoms with Gasteiger partial charge in [0.1, 0.15) is 18.1 Å². The monoisotopic (exact) mass is 380 g/mol. The Kier molecular flexibility index (Phi) is 6.52. The first-order valence-electron chi connectivity index (χ1n) is 8.65. The molecular formula is C23H18F2O3. The Bertz CT molecular complexity index is 953. The van der Waals surface area contributed by atoms with Gasteiger partial charge in [0, 0.05) is 11.1 Å². The van der Waals surface area contributed by atoms with Gasteiger partial charge < -0.3 is 9.47 Å². The minimum Gasteiger partial charge on any atom is -0.488 e. The van der Waals surface area contributed by atoms with Gasteiger partial charge >= 0.3 is 6.61 Å². The second kappa shape index (κ2) is 9.46. The molecule has 0 saturated heterocycles. The highest BCUT2D eigenvalue weighted by molar-refractivity contribution is 6.07. The maximum Gasteiger partial charge on any atom is 0.387 e. The number of carbonyl (C=O) groups excluding carboxylic acids is 1. The van der Waals surface area contributed by atoms with Crippen molar-refractivity contribution >= 4 is 11.9 Å². The van der Waals surface area contributed by atoms with Crippen LogP contribution in [0, 0.1) is 0 Å². The van der Waals surface area contributed by atoms with E-state index in [1.165, 1.54) is 24.3 Å². The van der Waals surface area contributed by atoms with Crippen LogP contribution >= 0.6 is 0 Å². The molecule has 0 aliphatic carbocycles.